The van der Waals surface area contributed by atoms with E-state index in [4.69, 9.17) is 16.3 Å². The molecule has 2 saturated heterocycles. The number of fused-ring (bicyclic) bond motifs is 1. The van der Waals surface area contributed by atoms with Gasteiger partial charge in [-0.1, -0.05) is 44.2 Å². The molecule has 3 heterocycles. The van der Waals surface area contributed by atoms with Gasteiger partial charge in [0.15, 0.2) is 0 Å². The second-order valence-corrected chi connectivity index (χ2v) is 13.4. The summed E-state index contributed by atoms with van der Waals surface area (Å²) in [5.41, 5.74) is 8.37. The molecule has 1 aliphatic carbocycles. The maximum Gasteiger partial charge on any atom is 0.208 e. The summed E-state index contributed by atoms with van der Waals surface area (Å²) in [6.45, 7) is 7.40. The molecule has 7 heteroatoms. The van der Waals surface area contributed by atoms with Crippen molar-refractivity contribution in [1.82, 2.24) is 15.3 Å². The van der Waals surface area contributed by atoms with E-state index in [0.717, 1.165) is 43.0 Å². The summed E-state index contributed by atoms with van der Waals surface area (Å²) in [5, 5.41) is 1.23. The van der Waals surface area contributed by atoms with E-state index < -0.39 is 6.42 Å². The van der Waals surface area contributed by atoms with E-state index >= 15 is 0 Å². The van der Waals surface area contributed by atoms with Crippen LogP contribution in [-0.2, 0) is 22.8 Å². The Bertz CT molecular complexity index is 1090. The highest BCUT2D eigenvalue weighted by atomic mass is 32.4. The van der Waals surface area contributed by atoms with Crippen LogP contribution in [0.5, 0.6) is 0 Å². The summed E-state index contributed by atoms with van der Waals surface area (Å²) in [6, 6.07) is 16.4. The van der Waals surface area contributed by atoms with Crippen LogP contribution in [0.1, 0.15) is 45.2 Å². The van der Waals surface area contributed by atoms with Crippen LogP contribution < -0.4 is 10.2 Å². The van der Waals surface area contributed by atoms with Crippen LogP contribution in [0.3, 0.4) is 0 Å². The Balaban J connectivity index is 1.55. The van der Waals surface area contributed by atoms with Gasteiger partial charge >= 0.3 is 0 Å². The van der Waals surface area contributed by atoms with Crippen molar-refractivity contribution in [2.75, 3.05) is 24.5 Å². The number of aromatic nitrogens is 1. The molecule has 0 radical (unpaired) electrons. The molecule has 0 saturated carbocycles. The van der Waals surface area contributed by atoms with Crippen LogP contribution in [-0.4, -0.2) is 29.6 Å². The summed E-state index contributed by atoms with van der Waals surface area (Å²) in [6.07, 6.45) is 7.20. The summed E-state index contributed by atoms with van der Waals surface area (Å²) < 4.78 is 8.89. The first kappa shape index (κ1) is 22.6. The molecule has 3 aliphatic rings. The largest absolute Gasteiger partial charge is 0.374 e. The zero-order valence-corrected chi connectivity index (χ0v) is 21.2. The van der Waals surface area contributed by atoms with E-state index in [1.54, 1.807) is 0 Å². The molecule has 174 valence electrons. The van der Waals surface area contributed by atoms with Gasteiger partial charge in [-0.05, 0) is 67.2 Å². The predicted molar refractivity (Wildman–Crippen MR) is 139 cm³/mol. The maximum atomic E-state index is 6.74. The van der Waals surface area contributed by atoms with Crippen molar-refractivity contribution >= 4 is 23.9 Å². The minimum Gasteiger partial charge on any atom is -0.374 e. The molecule has 2 fully saturated rings. The lowest BCUT2D eigenvalue weighted by Gasteiger charge is -2.39. The highest BCUT2D eigenvalue weighted by Gasteiger charge is 2.47. The van der Waals surface area contributed by atoms with E-state index in [-0.39, 0.29) is 5.41 Å². The Hall–Kier alpha value is -2.14. The second kappa shape index (κ2) is 9.25. The lowest BCUT2D eigenvalue weighted by Crippen LogP contribution is -2.34. The average molecular weight is 481 g/mol. The molecule has 5 rings (SSSR count). The van der Waals surface area contributed by atoms with Crippen molar-refractivity contribution in [3.63, 3.8) is 0 Å². The van der Waals surface area contributed by atoms with E-state index in [0.29, 0.717) is 6.61 Å². The van der Waals surface area contributed by atoms with Gasteiger partial charge in [0.05, 0.1) is 23.3 Å². The molecule has 1 aromatic heterocycles. The molecule has 0 spiro atoms. The minimum atomic E-state index is -2.55. The standard InChI is InChI=1S/C26H33N4OPS/c1-26(2)19-23-25(24(20-26)29-16-9-4-10-17-29)32(33,30(28-23)22-12-5-3-6-13-22)31-18-14-21-11-7-8-15-27-21/h3,5-8,11-13,15,19,28H,4,9-10,14,16-18,20H2,1-2H3/t32-/m0/s1. The summed E-state index contributed by atoms with van der Waals surface area (Å²) in [4.78, 5) is 7.06. The normalized spacial score (nSPS) is 24.4. The SMILES string of the molecule is CC1(C)C=C2NN(c3ccccc3)[P@](=S)(OCCc3ccccn3)C2=C(N2CCCCC2)C1. The van der Waals surface area contributed by atoms with E-state index in [9.17, 15) is 0 Å². The molecule has 2 aliphatic heterocycles. The number of likely N-dealkylation sites (tertiary alicyclic amines) is 1. The highest BCUT2D eigenvalue weighted by molar-refractivity contribution is 8.15. The number of hydrogen-bond donors (Lipinski definition) is 1. The Kier molecular flexibility index (Phi) is 6.34. The first-order valence-electron chi connectivity index (χ1n) is 11.9. The molecule has 1 N–H and O–H groups in total. The second-order valence-electron chi connectivity index (χ2n) is 9.75. The number of para-hydroxylation sites is 1. The molecule has 2 aromatic rings. The van der Waals surface area contributed by atoms with Crippen LogP contribution >= 0.6 is 6.42 Å². The summed E-state index contributed by atoms with van der Waals surface area (Å²) in [7, 11) is 0. The molecular weight excluding hydrogens is 447 g/mol. The lowest BCUT2D eigenvalue weighted by atomic mass is 9.82. The quantitative estimate of drug-likeness (QED) is 0.513. The predicted octanol–water partition coefficient (Wildman–Crippen LogP) is 5.99. The van der Waals surface area contributed by atoms with Crippen LogP contribution in [0.25, 0.3) is 0 Å². The van der Waals surface area contributed by atoms with Crippen LogP contribution in [0.4, 0.5) is 5.69 Å². The monoisotopic (exact) mass is 480 g/mol. The Morgan fingerprint density at radius 2 is 1.82 bits per heavy atom. The summed E-state index contributed by atoms with van der Waals surface area (Å²) >= 11 is 6.51. The van der Waals surface area contributed by atoms with Gasteiger partial charge in [-0.3, -0.25) is 10.4 Å². The third-order valence-electron chi connectivity index (χ3n) is 6.55. The number of piperidine rings is 1. The van der Waals surface area contributed by atoms with Gasteiger partial charge in [0.25, 0.3) is 0 Å². The van der Waals surface area contributed by atoms with Crippen molar-refractivity contribution in [2.24, 2.45) is 5.41 Å². The number of hydrogen-bond acceptors (Lipinski definition) is 5. The van der Waals surface area contributed by atoms with E-state index in [1.165, 1.54) is 30.3 Å². The average Bonchev–Trinajstić information content (AvgIpc) is 3.11. The third kappa shape index (κ3) is 4.62. The smallest absolute Gasteiger partial charge is 0.208 e. The summed E-state index contributed by atoms with van der Waals surface area (Å²) in [5.74, 6) is 0. The van der Waals surface area contributed by atoms with Crippen LogP contribution in [0.2, 0.25) is 0 Å². The van der Waals surface area contributed by atoms with Gasteiger partial charge in [-0.15, -0.1) is 0 Å². The van der Waals surface area contributed by atoms with Crippen molar-refractivity contribution in [2.45, 2.75) is 46.0 Å². The zero-order chi connectivity index (χ0) is 22.9. The lowest BCUT2D eigenvalue weighted by molar-refractivity contribution is 0.254. The van der Waals surface area contributed by atoms with Crippen molar-refractivity contribution in [3.8, 4) is 0 Å². The number of rotatable bonds is 6. The molecule has 0 amide bonds. The number of anilines is 1. The molecule has 33 heavy (non-hydrogen) atoms. The molecule has 5 nitrogen and oxygen atoms in total. The number of allylic oxidation sites excluding steroid dienone is 3. The zero-order valence-electron chi connectivity index (χ0n) is 19.5. The van der Waals surface area contributed by atoms with Gasteiger partial charge in [0.2, 0.25) is 6.42 Å². The molecule has 1 aromatic carbocycles. The first-order chi connectivity index (χ1) is 16.0. The van der Waals surface area contributed by atoms with Gasteiger partial charge < -0.3 is 9.42 Å². The van der Waals surface area contributed by atoms with Gasteiger partial charge in [0.1, 0.15) is 0 Å². The molecule has 0 unspecified atom stereocenters. The first-order valence-corrected chi connectivity index (χ1v) is 14.6. The van der Waals surface area contributed by atoms with E-state index in [1.807, 2.05) is 30.5 Å². The fraction of sp³-hybridized carbons (Fsp3) is 0.423. The Labute approximate surface area is 202 Å². The molecule has 0 bridgehead atoms. The van der Waals surface area contributed by atoms with Crippen molar-refractivity contribution < 1.29 is 4.52 Å². The number of nitrogens with zero attached hydrogens (tertiary/aromatic N) is 3. The van der Waals surface area contributed by atoms with Gasteiger partial charge in [-0.25, -0.2) is 4.78 Å². The number of pyridine rings is 1. The third-order valence-corrected chi connectivity index (χ3v) is 10.4. The van der Waals surface area contributed by atoms with E-state index in [2.05, 4.69) is 64.3 Å². The van der Waals surface area contributed by atoms with Crippen molar-refractivity contribution in [1.29, 1.82) is 0 Å². The fourth-order valence-corrected chi connectivity index (χ4v) is 8.68. The maximum absolute atomic E-state index is 6.74. The van der Waals surface area contributed by atoms with Crippen LogP contribution in [0, 0.1) is 5.41 Å². The molecular formula is C26H33N4OPS. The van der Waals surface area contributed by atoms with Gasteiger partial charge in [0, 0.05) is 37.1 Å². The minimum absolute atomic E-state index is 0.0689. The Morgan fingerprint density at radius 3 is 2.55 bits per heavy atom. The number of benzene rings is 1. The number of hydrazine groups is 1. The van der Waals surface area contributed by atoms with Crippen molar-refractivity contribution in [3.05, 3.63) is 83.2 Å². The topological polar surface area (TPSA) is 40.6 Å². The Morgan fingerprint density at radius 1 is 1.06 bits per heavy atom. The molecule has 1 atom stereocenters. The number of nitrogens with one attached hydrogen (secondary N) is 1. The highest BCUT2D eigenvalue weighted by Crippen LogP contribution is 2.68. The van der Waals surface area contributed by atoms with Crippen LogP contribution in [0.15, 0.2) is 77.5 Å². The van der Waals surface area contributed by atoms with Gasteiger partial charge in [-0.2, -0.15) is 0 Å². The fourth-order valence-electron chi connectivity index (χ4n) is 5.01.